The standard InChI is InChI=1S/C23H20N2O2S/c1-16-8-11-20(12-9-16)28(26,27)25-23-15-24-22-13-10-19(14-21(22)17(23)2)18-6-4-3-5-7-18/h3-15,25H,1-2H3. The predicted molar refractivity (Wildman–Crippen MR) is 114 cm³/mol. The number of nitrogens with zero attached hydrogens (tertiary/aromatic N) is 1. The number of fused-ring (bicyclic) bond motifs is 1. The van der Waals surface area contributed by atoms with Crippen molar-refractivity contribution in [3.8, 4) is 11.1 Å². The number of aryl methyl sites for hydroxylation is 2. The molecular formula is C23H20N2O2S. The van der Waals surface area contributed by atoms with E-state index in [-0.39, 0.29) is 4.90 Å². The van der Waals surface area contributed by atoms with Gasteiger partial charge in [0.25, 0.3) is 10.0 Å². The summed E-state index contributed by atoms with van der Waals surface area (Å²) in [5.41, 5.74) is 5.34. The molecule has 1 N–H and O–H groups in total. The summed E-state index contributed by atoms with van der Waals surface area (Å²) in [6.07, 6.45) is 1.57. The molecule has 0 amide bonds. The van der Waals surface area contributed by atoms with Crippen molar-refractivity contribution in [2.45, 2.75) is 18.7 Å². The molecule has 0 spiro atoms. The third kappa shape index (κ3) is 3.49. The number of anilines is 1. The maximum Gasteiger partial charge on any atom is 0.261 e. The van der Waals surface area contributed by atoms with Gasteiger partial charge in [0.1, 0.15) is 0 Å². The Morgan fingerprint density at radius 3 is 2.25 bits per heavy atom. The quantitative estimate of drug-likeness (QED) is 0.515. The van der Waals surface area contributed by atoms with E-state index in [1.54, 1.807) is 30.5 Å². The molecule has 1 heterocycles. The molecule has 4 nitrogen and oxygen atoms in total. The molecule has 0 unspecified atom stereocenters. The topological polar surface area (TPSA) is 59.1 Å². The van der Waals surface area contributed by atoms with Gasteiger partial charge in [0, 0.05) is 5.39 Å². The van der Waals surface area contributed by atoms with E-state index < -0.39 is 10.0 Å². The smallest absolute Gasteiger partial charge is 0.261 e. The highest BCUT2D eigenvalue weighted by Gasteiger charge is 2.16. The lowest BCUT2D eigenvalue weighted by molar-refractivity contribution is 0.601. The highest BCUT2D eigenvalue weighted by Crippen LogP contribution is 2.29. The normalized spacial score (nSPS) is 11.5. The van der Waals surface area contributed by atoms with Crippen molar-refractivity contribution in [3.63, 3.8) is 0 Å². The van der Waals surface area contributed by atoms with Crippen LogP contribution < -0.4 is 4.72 Å². The Balaban J connectivity index is 1.75. The number of rotatable bonds is 4. The molecule has 0 radical (unpaired) electrons. The monoisotopic (exact) mass is 388 g/mol. The molecule has 5 heteroatoms. The van der Waals surface area contributed by atoms with Gasteiger partial charge in [0.15, 0.2) is 0 Å². The fraction of sp³-hybridized carbons (Fsp3) is 0.0870. The maximum atomic E-state index is 12.8. The zero-order chi connectivity index (χ0) is 19.7. The minimum absolute atomic E-state index is 0.232. The summed E-state index contributed by atoms with van der Waals surface area (Å²) in [7, 11) is -3.67. The van der Waals surface area contributed by atoms with Gasteiger partial charge in [-0.2, -0.15) is 0 Å². The highest BCUT2D eigenvalue weighted by molar-refractivity contribution is 7.92. The number of nitrogens with one attached hydrogen (secondary N) is 1. The first-order valence-corrected chi connectivity index (χ1v) is 10.5. The van der Waals surface area contributed by atoms with Crippen LogP contribution in [0.4, 0.5) is 5.69 Å². The summed E-state index contributed by atoms with van der Waals surface area (Å²) in [6.45, 7) is 3.83. The van der Waals surface area contributed by atoms with E-state index in [4.69, 9.17) is 0 Å². The molecule has 3 aromatic carbocycles. The molecule has 0 atom stereocenters. The van der Waals surface area contributed by atoms with E-state index in [2.05, 4.69) is 15.8 Å². The van der Waals surface area contributed by atoms with E-state index >= 15 is 0 Å². The van der Waals surface area contributed by atoms with Crippen molar-refractivity contribution < 1.29 is 8.42 Å². The Hall–Kier alpha value is -3.18. The molecule has 0 aliphatic rings. The number of hydrogen-bond donors (Lipinski definition) is 1. The summed E-state index contributed by atoms with van der Waals surface area (Å²) in [5.74, 6) is 0. The van der Waals surface area contributed by atoms with Crippen LogP contribution in [-0.2, 0) is 10.0 Å². The molecule has 4 aromatic rings. The minimum Gasteiger partial charge on any atom is -0.278 e. The average Bonchev–Trinajstić information content (AvgIpc) is 2.71. The fourth-order valence-electron chi connectivity index (χ4n) is 3.16. The number of pyridine rings is 1. The van der Waals surface area contributed by atoms with Crippen molar-refractivity contribution in [3.05, 3.63) is 90.1 Å². The summed E-state index contributed by atoms with van der Waals surface area (Å²) in [6, 6.07) is 22.9. The Morgan fingerprint density at radius 1 is 0.821 bits per heavy atom. The Morgan fingerprint density at radius 2 is 1.54 bits per heavy atom. The van der Waals surface area contributed by atoms with Crippen LogP contribution in [0, 0.1) is 13.8 Å². The molecule has 28 heavy (non-hydrogen) atoms. The van der Waals surface area contributed by atoms with Gasteiger partial charge in [-0.25, -0.2) is 8.42 Å². The summed E-state index contributed by atoms with van der Waals surface area (Å²) >= 11 is 0. The van der Waals surface area contributed by atoms with Crippen LogP contribution in [0.2, 0.25) is 0 Å². The van der Waals surface area contributed by atoms with Crippen LogP contribution >= 0.6 is 0 Å². The molecule has 0 aliphatic heterocycles. The molecule has 0 bridgehead atoms. The molecule has 1 aromatic heterocycles. The second kappa shape index (κ2) is 7.09. The van der Waals surface area contributed by atoms with Crippen molar-refractivity contribution in [1.29, 1.82) is 0 Å². The Kier molecular flexibility index (Phi) is 4.61. The van der Waals surface area contributed by atoms with Crippen LogP contribution in [0.15, 0.2) is 83.9 Å². The minimum atomic E-state index is -3.67. The SMILES string of the molecule is Cc1ccc(S(=O)(=O)Nc2cnc3ccc(-c4ccccc4)cc3c2C)cc1. The molecule has 140 valence electrons. The second-order valence-corrected chi connectivity index (χ2v) is 8.50. The zero-order valence-electron chi connectivity index (χ0n) is 15.7. The van der Waals surface area contributed by atoms with Gasteiger partial charge in [0.2, 0.25) is 0 Å². The van der Waals surface area contributed by atoms with Crippen LogP contribution in [0.3, 0.4) is 0 Å². The lowest BCUT2D eigenvalue weighted by Gasteiger charge is -2.13. The van der Waals surface area contributed by atoms with Crippen molar-refractivity contribution in [2.24, 2.45) is 0 Å². The molecular weight excluding hydrogens is 368 g/mol. The molecule has 4 rings (SSSR count). The Labute approximate surface area is 164 Å². The lowest BCUT2D eigenvalue weighted by Crippen LogP contribution is -2.14. The third-order valence-corrected chi connectivity index (χ3v) is 6.20. The highest BCUT2D eigenvalue weighted by atomic mass is 32.2. The van der Waals surface area contributed by atoms with Gasteiger partial charge < -0.3 is 0 Å². The van der Waals surface area contributed by atoms with Gasteiger partial charge >= 0.3 is 0 Å². The van der Waals surface area contributed by atoms with Gasteiger partial charge in [-0.1, -0.05) is 54.1 Å². The van der Waals surface area contributed by atoms with Gasteiger partial charge in [-0.3, -0.25) is 9.71 Å². The summed E-state index contributed by atoms with van der Waals surface area (Å²) in [5, 5.41) is 0.922. The first kappa shape index (κ1) is 18.2. The van der Waals surface area contributed by atoms with E-state index in [1.165, 1.54) is 0 Å². The first-order chi connectivity index (χ1) is 13.4. The molecule has 0 saturated heterocycles. The van der Waals surface area contributed by atoms with Crippen molar-refractivity contribution in [2.75, 3.05) is 4.72 Å². The largest absolute Gasteiger partial charge is 0.278 e. The zero-order valence-corrected chi connectivity index (χ0v) is 16.5. The number of benzene rings is 3. The number of hydrogen-bond acceptors (Lipinski definition) is 3. The van der Waals surface area contributed by atoms with Gasteiger partial charge in [0.05, 0.1) is 22.3 Å². The number of sulfonamides is 1. The van der Waals surface area contributed by atoms with Crippen molar-refractivity contribution in [1.82, 2.24) is 4.98 Å². The van der Waals surface area contributed by atoms with Gasteiger partial charge in [-0.15, -0.1) is 0 Å². The Bertz CT molecular complexity index is 1250. The fourth-order valence-corrected chi connectivity index (χ4v) is 4.27. The van der Waals surface area contributed by atoms with Crippen LogP contribution in [-0.4, -0.2) is 13.4 Å². The number of aromatic nitrogens is 1. The second-order valence-electron chi connectivity index (χ2n) is 6.81. The predicted octanol–water partition coefficient (Wildman–Crippen LogP) is 5.32. The molecule has 0 aliphatic carbocycles. The maximum absolute atomic E-state index is 12.8. The van der Waals surface area contributed by atoms with Crippen LogP contribution in [0.5, 0.6) is 0 Å². The van der Waals surface area contributed by atoms with Gasteiger partial charge in [-0.05, 0) is 54.8 Å². The van der Waals surface area contributed by atoms with Crippen molar-refractivity contribution >= 4 is 26.6 Å². The lowest BCUT2D eigenvalue weighted by atomic mass is 10.0. The molecule has 0 saturated carbocycles. The third-order valence-electron chi connectivity index (χ3n) is 4.82. The van der Waals surface area contributed by atoms with E-state index in [0.29, 0.717) is 5.69 Å². The van der Waals surface area contributed by atoms with Crippen LogP contribution in [0.25, 0.3) is 22.0 Å². The summed E-state index contributed by atoms with van der Waals surface area (Å²) in [4.78, 5) is 4.67. The average molecular weight is 388 g/mol. The first-order valence-electron chi connectivity index (χ1n) is 8.98. The van der Waals surface area contributed by atoms with Crippen LogP contribution in [0.1, 0.15) is 11.1 Å². The molecule has 0 fully saturated rings. The van der Waals surface area contributed by atoms with E-state index in [1.807, 2.05) is 56.3 Å². The van der Waals surface area contributed by atoms with E-state index in [0.717, 1.165) is 33.2 Å². The summed E-state index contributed by atoms with van der Waals surface area (Å²) < 4.78 is 28.2. The van der Waals surface area contributed by atoms with E-state index in [9.17, 15) is 8.42 Å².